The van der Waals surface area contributed by atoms with E-state index in [0.29, 0.717) is 24.8 Å². The lowest BCUT2D eigenvalue weighted by molar-refractivity contribution is -0.128. The van der Waals surface area contributed by atoms with E-state index >= 15 is 0 Å². The minimum atomic E-state index is -0.330. The lowest BCUT2D eigenvalue weighted by Gasteiger charge is -2.37. The Morgan fingerprint density at radius 1 is 1.28 bits per heavy atom. The highest BCUT2D eigenvalue weighted by Crippen LogP contribution is 2.44. The largest absolute Gasteiger partial charge is 0.378 e. The number of rotatable bonds is 3. The van der Waals surface area contributed by atoms with Gasteiger partial charge in [-0.2, -0.15) is 0 Å². The molecule has 3 aliphatic rings. The average molecular weight is 347 g/mol. The van der Waals surface area contributed by atoms with E-state index in [4.69, 9.17) is 4.74 Å². The van der Waals surface area contributed by atoms with Gasteiger partial charge >= 0.3 is 0 Å². The molecule has 2 saturated heterocycles. The number of ether oxygens (including phenoxy) is 1. The second-order valence-corrected chi connectivity index (χ2v) is 7.48. The van der Waals surface area contributed by atoms with Crippen molar-refractivity contribution in [2.75, 3.05) is 49.6 Å². The first kappa shape index (κ1) is 16.8. The number of amides is 1. The summed E-state index contributed by atoms with van der Waals surface area (Å²) in [6, 6.07) is 4.82. The molecule has 1 aromatic carbocycles. The SMILES string of the molecule is O=C(Nc1cc(F)cc(N2CCOCC2)c1)[C@@]12CCCC[C@H]1CNC2. The summed E-state index contributed by atoms with van der Waals surface area (Å²) in [5.41, 5.74) is 1.03. The molecule has 0 bridgehead atoms. The number of hydrogen-bond acceptors (Lipinski definition) is 4. The minimum Gasteiger partial charge on any atom is -0.378 e. The predicted octanol–water partition coefficient (Wildman–Crippen LogP) is 2.38. The van der Waals surface area contributed by atoms with Crippen molar-refractivity contribution < 1.29 is 13.9 Å². The molecule has 2 aliphatic heterocycles. The molecule has 2 atom stereocenters. The lowest BCUT2D eigenvalue weighted by atomic mass is 9.67. The van der Waals surface area contributed by atoms with Crippen LogP contribution in [0.4, 0.5) is 15.8 Å². The highest BCUT2D eigenvalue weighted by molar-refractivity contribution is 5.96. The molecule has 0 aromatic heterocycles. The van der Waals surface area contributed by atoms with Crippen LogP contribution in [0.1, 0.15) is 25.7 Å². The van der Waals surface area contributed by atoms with Crippen LogP contribution in [0.2, 0.25) is 0 Å². The maximum atomic E-state index is 14.1. The van der Waals surface area contributed by atoms with Crippen LogP contribution in [-0.4, -0.2) is 45.3 Å². The van der Waals surface area contributed by atoms with Gasteiger partial charge in [0.25, 0.3) is 0 Å². The summed E-state index contributed by atoms with van der Waals surface area (Å²) >= 11 is 0. The average Bonchev–Trinajstić information content (AvgIpc) is 3.07. The van der Waals surface area contributed by atoms with Crippen LogP contribution in [0.25, 0.3) is 0 Å². The second kappa shape index (κ2) is 6.92. The van der Waals surface area contributed by atoms with E-state index in [1.54, 1.807) is 0 Å². The molecule has 6 heteroatoms. The van der Waals surface area contributed by atoms with Gasteiger partial charge in [-0.15, -0.1) is 0 Å². The first-order valence-electron chi connectivity index (χ1n) is 9.33. The van der Waals surface area contributed by atoms with E-state index in [1.165, 1.54) is 18.6 Å². The number of hydrogen-bond donors (Lipinski definition) is 2. The van der Waals surface area contributed by atoms with Crippen molar-refractivity contribution in [2.45, 2.75) is 25.7 Å². The molecule has 0 spiro atoms. The number of halogens is 1. The summed E-state index contributed by atoms with van der Waals surface area (Å²) in [4.78, 5) is 15.2. The van der Waals surface area contributed by atoms with Crippen LogP contribution in [-0.2, 0) is 9.53 Å². The molecular formula is C19H26FN3O2. The molecule has 0 unspecified atom stereocenters. The molecule has 1 aliphatic carbocycles. The summed E-state index contributed by atoms with van der Waals surface area (Å²) in [6.45, 7) is 4.42. The van der Waals surface area contributed by atoms with Gasteiger partial charge in [0.1, 0.15) is 5.82 Å². The molecule has 25 heavy (non-hydrogen) atoms. The Kier molecular flexibility index (Phi) is 4.65. The molecule has 136 valence electrons. The van der Waals surface area contributed by atoms with Crippen LogP contribution in [0.15, 0.2) is 18.2 Å². The summed E-state index contributed by atoms with van der Waals surface area (Å²) in [5.74, 6) is 0.121. The molecule has 1 saturated carbocycles. The first-order chi connectivity index (χ1) is 12.2. The van der Waals surface area contributed by atoms with Crippen LogP contribution in [0, 0.1) is 17.2 Å². The molecule has 0 radical (unpaired) electrons. The van der Waals surface area contributed by atoms with Crippen molar-refractivity contribution in [3.8, 4) is 0 Å². The van der Waals surface area contributed by atoms with Crippen molar-refractivity contribution in [2.24, 2.45) is 11.3 Å². The molecule has 5 nitrogen and oxygen atoms in total. The van der Waals surface area contributed by atoms with Crippen LogP contribution < -0.4 is 15.5 Å². The second-order valence-electron chi connectivity index (χ2n) is 7.48. The van der Waals surface area contributed by atoms with E-state index in [-0.39, 0.29) is 17.1 Å². The molecule has 2 heterocycles. The number of carbonyl (C=O) groups excluding carboxylic acids is 1. The normalized spacial score (nSPS) is 29.3. The predicted molar refractivity (Wildman–Crippen MR) is 95.3 cm³/mol. The van der Waals surface area contributed by atoms with Crippen molar-refractivity contribution in [3.05, 3.63) is 24.0 Å². The van der Waals surface area contributed by atoms with E-state index in [0.717, 1.165) is 51.1 Å². The molecule has 3 fully saturated rings. The Morgan fingerprint density at radius 2 is 2.12 bits per heavy atom. The fourth-order valence-electron chi connectivity index (χ4n) is 4.60. The van der Waals surface area contributed by atoms with Crippen LogP contribution in [0.3, 0.4) is 0 Å². The zero-order valence-electron chi connectivity index (χ0n) is 14.5. The highest BCUT2D eigenvalue weighted by Gasteiger charge is 2.49. The Hall–Kier alpha value is -1.66. The number of anilines is 2. The number of benzene rings is 1. The molecule has 1 aromatic rings. The summed E-state index contributed by atoms with van der Waals surface area (Å²) in [5, 5.41) is 6.41. The minimum absolute atomic E-state index is 0.0423. The standard InChI is InChI=1S/C19H26FN3O2/c20-15-9-16(11-17(10-15)23-5-7-25-8-6-23)22-18(24)19-4-2-1-3-14(19)12-21-13-19/h9-11,14,21H,1-8,12-13H2,(H,22,24)/t14-,19+/m0/s1. The van der Waals surface area contributed by atoms with E-state index in [1.807, 2.05) is 6.07 Å². The Bertz CT molecular complexity index is 648. The van der Waals surface area contributed by atoms with Gasteiger partial charge in [-0.25, -0.2) is 4.39 Å². The number of fused-ring (bicyclic) bond motifs is 1. The van der Waals surface area contributed by atoms with Crippen molar-refractivity contribution in [3.63, 3.8) is 0 Å². The summed E-state index contributed by atoms with van der Waals surface area (Å²) < 4.78 is 19.5. The van der Waals surface area contributed by atoms with Gasteiger partial charge in [0.2, 0.25) is 5.91 Å². The summed E-state index contributed by atoms with van der Waals surface area (Å²) in [7, 11) is 0. The van der Waals surface area contributed by atoms with E-state index in [2.05, 4.69) is 15.5 Å². The van der Waals surface area contributed by atoms with Crippen molar-refractivity contribution in [1.82, 2.24) is 5.32 Å². The molecular weight excluding hydrogens is 321 g/mol. The van der Waals surface area contributed by atoms with Crippen LogP contribution in [0.5, 0.6) is 0 Å². The third-order valence-corrected chi connectivity index (χ3v) is 6.01. The van der Waals surface area contributed by atoms with Gasteiger partial charge in [0, 0.05) is 31.0 Å². The van der Waals surface area contributed by atoms with Crippen molar-refractivity contribution >= 4 is 17.3 Å². The fourth-order valence-corrected chi connectivity index (χ4v) is 4.60. The third kappa shape index (κ3) is 3.25. The maximum Gasteiger partial charge on any atom is 0.232 e. The fraction of sp³-hybridized carbons (Fsp3) is 0.632. The Morgan fingerprint density at radius 3 is 2.96 bits per heavy atom. The monoisotopic (exact) mass is 347 g/mol. The quantitative estimate of drug-likeness (QED) is 0.882. The van der Waals surface area contributed by atoms with Gasteiger partial charge in [-0.3, -0.25) is 4.79 Å². The van der Waals surface area contributed by atoms with Gasteiger partial charge in [0.05, 0.1) is 18.6 Å². The topological polar surface area (TPSA) is 53.6 Å². The zero-order chi connectivity index (χ0) is 17.3. The number of nitrogens with zero attached hydrogens (tertiary/aromatic N) is 1. The molecule has 4 rings (SSSR count). The first-order valence-corrected chi connectivity index (χ1v) is 9.33. The van der Waals surface area contributed by atoms with E-state index < -0.39 is 0 Å². The third-order valence-electron chi connectivity index (χ3n) is 6.01. The van der Waals surface area contributed by atoms with Gasteiger partial charge in [-0.05, 0) is 43.5 Å². The summed E-state index contributed by atoms with van der Waals surface area (Å²) in [6.07, 6.45) is 4.31. The van der Waals surface area contributed by atoms with Gasteiger partial charge < -0.3 is 20.3 Å². The molecule has 2 N–H and O–H groups in total. The Labute approximate surface area is 147 Å². The number of carbonyl (C=O) groups is 1. The highest BCUT2D eigenvalue weighted by atomic mass is 19.1. The smallest absolute Gasteiger partial charge is 0.232 e. The van der Waals surface area contributed by atoms with E-state index in [9.17, 15) is 9.18 Å². The Balaban J connectivity index is 1.53. The van der Waals surface area contributed by atoms with Gasteiger partial charge in [0.15, 0.2) is 0 Å². The lowest BCUT2D eigenvalue weighted by Crippen LogP contribution is -2.44. The maximum absolute atomic E-state index is 14.1. The van der Waals surface area contributed by atoms with Crippen molar-refractivity contribution in [1.29, 1.82) is 0 Å². The van der Waals surface area contributed by atoms with Gasteiger partial charge in [-0.1, -0.05) is 12.8 Å². The number of morpholine rings is 1. The molecule has 1 amide bonds. The number of nitrogens with one attached hydrogen (secondary N) is 2. The zero-order valence-corrected chi connectivity index (χ0v) is 14.5. The van der Waals surface area contributed by atoms with Crippen LogP contribution >= 0.6 is 0 Å².